The molecule has 0 amide bonds. The highest BCUT2D eigenvalue weighted by Crippen LogP contribution is 2.28. The van der Waals surface area contributed by atoms with Gasteiger partial charge in [-0.1, -0.05) is 231 Å². The molecule has 0 radical (unpaired) electrons. The van der Waals surface area contributed by atoms with Crippen LogP contribution in [0.4, 0.5) is 0 Å². The van der Waals surface area contributed by atoms with Gasteiger partial charge in [0, 0.05) is 29.5 Å². The van der Waals surface area contributed by atoms with E-state index in [0.717, 1.165) is 38.9 Å². The van der Waals surface area contributed by atoms with Gasteiger partial charge in [0.15, 0.2) is 17.3 Å². The van der Waals surface area contributed by atoms with E-state index in [1.54, 1.807) is 79.7 Å². The molecule has 0 bridgehead atoms. The van der Waals surface area contributed by atoms with Gasteiger partial charge in [0.25, 0.3) is 0 Å². The SMILES string of the molecule is CC(CC(=O)c1ccc(-c2ccccc2)cc1)C(=O)O.O=C(CC(C(=O)O)c1ccccc1)c1ccc(-c2ccccc2)cc1.O=C(O)CC(C(=O)c1ccc(-c2ccccc2)cc1)c1ccccc1. The van der Waals surface area contributed by atoms with Crippen molar-refractivity contribution in [2.75, 3.05) is 0 Å². The number of benzene rings is 8. The number of aliphatic carboxylic acids is 3. The third kappa shape index (κ3) is 14.6. The van der Waals surface area contributed by atoms with Crippen LogP contribution >= 0.6 is 0 Å². The fraction of sp³-hybridized carbons (Fsp3) is 0.115. The van der Waals surface area contributed by atoms with Crippen LogP contribution in [0.2, 0.25) is 0 Å². The van der Waals surface area contributed by atoms with Crippen LogP contribution in [-0.4, -0.2) is 50.6 Å². The molecule has 8 aromatic carbocycles. The maximum Gasteiger partial charge on any atom is 0.311 e. The lowest BCUT2D eigenvalue weighted by Gasteiger charge is -2.14. The Balaban J connectivity index is 0.000000174. The van der Waals surface area contributed by atoms with Crippen molar-refractivity contribution in [2.45, 2.75) is 38.0 Å². The van der Waals surface area contributed by atoms with Crippen molar-refractivity contribution in [3.05, 3.63) is 252 Å². The number of hydrogen-bond acceptors (Lipinski definition) is 6. The van der Waals surface area contributed by atoms with E-state index in [4.69, 9.17) is 5.11 Å². The summed E-state index contributed by atoms with van der Waals surface area (Å²) in [5, 5.41) is 27.5. The van der Waals surface area contributed by atoms with Crippen LogP contribution in [0.3, 0.4) is 0 Å². The van der Waals surface area contributed by atoms with Gasteiger partial charge in [0.2, 0.25) is 0 Å². The van der Waals surface area contributed by atoms with Crippen molar-refractivity contribution < 1.29 is 44.1 Å². The number of hydrogen-bond donors (Lipinski definition) is 3. The predicted molar refractivity (Wildman–Crippen MR) is 273 cm³/mol. The number of rotatable bonds is 17. The molecule has 0 aliphatic carbocycles. The molecule has 8 aromatic rings. The van der Waals surface area contributed by atoms with Crippen LogP contribution in [0.15, 0.2) is 224 Å². The number of carbonyl (C=O) groups is 6. The summed E-state index contributed by atoms with van der Waals surface area (Å²) in [6.45, 7) is 1.54. The monoisotopic (exact) mass is 928 g/mol. The predicted octanol–water partition coefficient (Wildman–Crippen LogP) is 13.2. The van der Waals surface area contributed by atoms with Gasteiger partial charge in [-0.05, 0) is 44.5 Å². The summed E-state index contributed by atoms with van der Waals surface area (Å²) >= 11 is 0. The van der Waals surface area contributed by atoms with E-state index in [9.17, 15) is 39.0 Å². The quantitative estimate of drug-likeness (QED) is 0.0754. The van der Waals surface area contributed by atoms with Crippen LogP contribution in [0, 0.1) is 5.92 Å². The van der Waals surface area contributed by atoms with Crippen molar-refractivity contribution >= 4 is 35.3 Å². The molecular formula is C61H52O9. The molecular weight excluding hydrogens is 877 g/mol. The minimum atomic E-state index is -0.986. The zero-order valence-electron chi connectivity index (χ0n) is 38.5. The smallest absolute Gasteiger partial charge is 0.311 e. The van der Waals surface area contributed by atoms with Gasteiger partial charge in [-0.15, -0.1) is 0 Å². The largest absolute Gasteiger partial charge is 0.481 e. The van der Waals surface area contributed by atoms with Crippen molar-refractivity contribution in [2.24, 2.45) is 5.92 Å². The second kappa shape index (κ2) is 25.4. The topological polar surface area (TPSA) is 163 Å². The number of Topliss-reactive ketones (excluding diaryl/α,β-unsaturated/α-hetero) is 3. The molecule has 9 nitrogen and oxygen atoms in total. The van der Waals surface area contributed by atoms with Crippen molar-refractivity contribution in [3.63, 3.8) is 0 Å². The molecule has 3 N–H and O–H groups in total. The summed E-state index contributed by atoms with van der Waals surface area (Å²) in [5.74, 6) is -5.56. The zero-order valence-corrected chi connectivity index (χ0v) is 38.5. The molecule has 8 rings (SSSR count). The third-order valence-corrected chi connectivity index (χ3v) is 11.6. The average Bonchev–Trinajstić information content (AvgIpc) is 3.41. The van der Waals surface area contributed by atoms with Gasteiger partial charge in [0.1, 0.15) is 0 Å². The Kier molecular flexibility index (Phi) is 18.3. The number of carboxylic acids is 3. The number of ketones is 3. The first-order chi connectivity index (χ1) is 33.9. The molecule has 0 heterocycles. The highest BCUT2D eigenvalue weighted by Gasteiger charge is 2.26. The molecule has 0 fully saturated rings. The van der Waals surface area contributed by atoms with E-state index >= 15 is 0 Å². The number of carboxylic acid groups (broad SMARTS) is 3. The summed E-state index contributed by atoms with van der Waals surface area (Å²) in [4.78, 5) is 70.8. The fourth-order valence-corrected chi connectivity index (χ4v) is 7.66. The van der Waals surface area contributed by atoms with E-state index in [-0.39, 0.29) is 36.6 Å². The maximum absolute atomic E-state index is 12.9. The Morgan fingerprint density at radius 3 is 0.957 bits per heavy atom. The Hall–Kier alpha value is -8.82. The molecule has 0 aliphatic heterocycles. The van der Waals surface area contributed by atoms with Gasteiger partial charge in [0.05, 0.1) is 24.2 Å². The van der Waals surface area contributed by atoms with Gasteiger partial charge in [-0.2, -0.15) is 0 Å². The van der Waals surface area contributed by atoms with Gasteiger partial charge in [-0.3, -0.25) is 28.8 Å². The summed E-state index contributed by atoms with van der Waals surface area (Å²) in [6, 6.07) is 69.5. The summed E-state index contributed by atoms with van der Waals surface area (Å²) < 4.78 is 0. The van der Waals surface area contributed by atoms with E-state index in [0.29, 0.717) is 22.3 Å². The minimum Gasteiger partial charge on any atom is -0.481 e. The molecule has 0 saturated carbocycles. The highest BCUT2D eigenvalue weighted by molar-refractivity contribution is 6.03. The standard InChI is InChI=1S/2C22H18O3.C17H16O3/c23-21(24)15-20(18-9-5-2-6-10-18)22(25)19-13-11-17(12-14-19)16-7-3-1-4-8-16;23-21(15-20(22(24)25)18-9-5-2-6-10-18)19-13-11-17(12-14-19)16-7-3-1-4-8-16;1-12(17(19)20)11-16(18)15-9-7-14(8-10-15)13-5-3-2-4-6-13/h1-14,20H,15H2,(H,23,24);1-14,20H,15H2,(H,24,25);2-10,12H,11H2,1H3,(H,19,20). The van der Waals surface area contributed by atoms with Crippen LogP contribution in [-0.2, 0) is 14.4 Å². The first-order valence-electron chi connectivity index (χ1n) is 22.7. The third-order valence-electron chi connectivity index (χ3n) is 11.6. The van der Waals surface area contributed by atoms with Gasteiger partial charge in [-0.25, -0.2) is 0 Å². The Morgan fingerprint density at radius 2 is 0.629 bits per heavy atom. The minimum absolute atomic E-state index is 0.0278. The van der Waals surface area contributed by atoms with Crippen molar-refractivity contribution in [1.82, 2.24) is 0 Å². The van der Waals surface area contributed by atoms with E-state index in [1.165, 1.54) is 0 Å². The molecule has 0 aliphatic rings. The molecule has 9 heteroatoms. The number of carbonyl (C=O) groups excluding carboxylic acids is 3. The normalized spacial score (nSPS) is 11.7. The molecule has 0 saturated heterocycles. The molecule has 350 valence electrons. The maximum atomic E-state index is 12.9. The van der Waals surface area contributed by atoms with E-state index < -0.39 is 35.7 Å². The van der Waals surface area contributed by atoms with Crippen LogP contribution in [0.25, 0.3) is 33.4 Å². The van der Waals surface area contributed by atoms with Gasteiger partial charge < -0.3 is 15.3 Å². The molecule has 3 atom stereocenters. The summed E-state index contributed by atoms with van der Waals surface area (Å²) in [7, 11) is 0. The summed E-state index contributed by atoms with van der Waals surface area (Å²) in [6.07, 6.45) is -0.243. The lowest BCUT2D eigenvalue weighted by Crippen LogP contribution is -2.17. The zero-order chi connectivity index (χ0) is 49.8. The van der Waals surface area contributed by atoms with E-state index in [2.05, 4.69) is 0 Å². The highest BCUT2D eigenvalue weighted by atomic mass is 16.4. The molecule has 0 aromatic heterocycles. The lowest BCUT2D eigenvalue weighted by atomic mass is 9.87. The first-order valence-corrected chi connectivity index (χ1v) is 22.7. The first kappa shape index (κ1) is 50.6. The second-order valence-electron chi connectivity index (χ2n) is 16.6. The van der Waals surface area contributed by atoms with E-state index in [1.807, 2.05) is 152 Å². The Labute approximate surface area is 407 Å². The summed E-state index contributed by atoms with van der Waals surface area (Å²) in [5.41, 5.74) is 9.29. The van der Waals surface area contributed by atoms with Crippen LogP contribution < -0.4 is 0 Å². The Morgan fingerprint density at radius 1 is 0.329 bits per heavy atom. The molecule has 3 unspecified atom stereocenters. The fourth-order valence-electron chi connectivity index (χ4n) is 7.66. The Bertz CT molecular complexity index is 2960. The molecule has 70 heavy (non-hydrogen) atoms. The van der Waals surface area contributed by atoms with Gasteiger partial charge >= 0.3 is 17.9 Å². The van der Waals surface area contributed by atoms with Crippen molar-refractivity contribution in [3.8, 4) is 33.4 Å². The lowest BCUT2D eigenvalue weighted by molar-refractivity contribution is -0.141. The van der Waals surface area contributed by atoms with Crippen LogP contribution in [0.1, 0.15) is 80.2 Å². The average molecular weight is 929 g/mol. The molecule has 0 spiro atoms. The van der Waals surface area contributed by atoms with Crippen LogP contribution in [0.5, 0.6) is 0 Å². The second-order valence-corrected chi connectivity index (χ2v) is 16.6. The van der Waals surface area contributed by atoms with Crippen molar-refractivity contribution in [1.29, 1.82) is 0 Å².